The zero-order valence-corrected chi connectivity index (χ0v) is 13.5. The molecule has 2 rings (SSSR count). The minimum absolute atomic E-state index is 0.0485. The van der Waals surface area contributed by atoms with Crippen LogP contribution in [0.4, 0.5) is 0 Å². The number of piperidine rings is 1. The fourth-order valence-corrected chi connectivity index (χ4v) is 2.88. The number of benzene rings is 1. The Morgan fingerprint density at radius 1 is 1.41 bits per heavy atom. The van der Waals surface area contributed by atoms with Gasteiger partial charge >= 0.3 is 0 Å². The van der Waals surface area contributed by atoms with E-state index in [1.807, 2.05) is 36.1 Å². The lowest BCUT2D eigenvalue weighted by Gasteiger charge is -2.30. The Labute approximate surface area is 135 Å². The molecule has 0 unspecified atom stereocenters. The number of hydrogen-bond donors (Lipinski definition) is 2. The molecular weight excluding hydrogens is 302 g/mol. The van der Waals surface area contributed by atoms with Gasteiger partial charge in [-0.25, -0.2) is 0 Å². The number of carbonyl (C=O) groups excluding carboxylic acids is 2. The lowest BCUT2D eigenvalue weighted by Crippen LogP contribution is -2.45. The molecule has 1 saturated heterocycles. The number of nitrogens with two attached hydrogens (primary N) is 1. The van der Waals surface area contributed by atoms with Gasteiger partial charge in [0.05, 0.1) is 18.5 Å². The zero-order chi connectivity index (χ0) is 16.1. The Hall–Kier alpha value is -1.59. The molecule has 2 amide bonds. The van der Waals surface area contributed by atoms with Gasteiger partial charge in [0.15, 0.2) is 0 Å². The van der Waals surface area contributed by atoms with E-state index in [0.717, 1.165) is 24.9 Å². The summed E-state index contributed by atoms with van der Waals surface area (Å²) in [6.07, 6.45) is 1.71. The number of likely N-dealkylation sites (tertiary alicyclic amines) is 1. The lowest BCUT2D eigenvalue weighted by molar-refractivity contribution is -0.127. The number of halogens is 1. The summed E-state index contributed by atoms with van der Waals surface area (Å²) in [5.41, 5.74) is 6.36. The Morgan fingerprint density at radius 2 is 2.09 bits per heavy atom. The minimum atomic E-state index is -0.278. The third kappa shape index (κ3) is 4.71. The highest BCUT2D eigenvalue weighted by atomic mass is 35.5. The van der Waals surface area contributed by atoms with Crippen LogP contribution in [0, 0.1) is 5.92 Å². The van der Waals surface area contributed by atoms with Gasteiger partial charge < -0.3 is 11.1 Å². The molecule has 120 valence electrons. The highest BCUT2D eigenvalue weighted by Gasteiger charge is 2.25. The summed E-state index contributed by atoms with van der Waals surface area (Å²) in [7, 11) is 0. The molecule has 1 heterocycles. The Bertz CT molecular complexity index is 533. The van der Waals surface area contributed by atoms with Crippen molar-refractivity contribution in [1.82, 2.24) is 10.2 Å². The van der Waals surface area contributed by atoms with Crippen LogP contribution in [0.3, 0.4) is 0 Å². The molecule has 0 saturated carbocycles. The van der Waals surface area contributed by atoms with E-state index in [4.69, 9.17) is 17.3 Å². The summed E-state index contributed by atoms with van der Waals surface area (Å²) in [6, 6.07) is 7.33. The summed E-state index contributed by atoms with van der Waals surface area (Å²) in [5, 5.41) is 3.64. The Balaban J connectivity index is 1.84. The zero-order valence-electron chi connectivity index (χ0n) is 12.7. The van der Waals surface area contributed by atoms with E-state index < -0.39 is 0 Å². The number of amides is 2. The van der Waals surface area contributed by atoms with Gasteiger partial charge in [-0.2, -0.15) is 0 Å². The second kappa shape index (κ2) is 7.61. The van der Waals surface area contributed by atoms with Crippen molar-refractivity contribution in [1.29, 1.82) is 0 Å². The SMILES string of the molecule is C[C@H](NC(=O)CN1CCC[C@H](C(N)=O)C1)c1ccc(Cl)cc1. The largest absolute Gasteiger partial charge is 0.369 e. The fraction of sp³-hybridized carbons (Fsp3) is 0.500. The fourth-order valence-electron chi connectivity index (χ4n) is 2.76. The van der Waals surface area contributed by atoms with E-state index >= 15 is 0 Å². The van der Waals surface area contributed by atoms with E-state index in [1.165, 1.54) is 0 Å². The first kappa shape index (κ1) is 16.8. The molecule has 0 radical (unpaired) electrons. The smallest absolute Gasteiger partial charge is 0.234 e. The molecule has 1 aromatic rings. The molecule has 5 nitrogen and oxygen atoms in total. The van der Waals surface area contributed by atoms with Gasteiger partial charge in [0.2, 0.25) is 11.8 Å². The van der Waals surface area contributed by atoms with Crippen LogP contribution < -0.4 is 11.1 Å². The van der Waals surface area contributed by atoms with E-state index in [0.29, 0.717) is 18.1 Å². The maximum atomic E-state index is 12.1. The summed E-state index contributed by atoms with van der Waals surface area (Å²) < 4.78 is 0. The number of nitrogens with zero attached hydrogens (tertiary/aromatic N) is 1. The first-order valence-electron chi connectivity index (χ1n) is 7.52. The van der Waals surface area contributed by atoms with Crippen LogP contribution in [0.25, 0.3) is 0 Å². The predicted octanol–water partition coefficient (Wildman–Crippen LogP) is 1.71. The molecule has 6 heteroatoms. The Morgan fingerprint density at radius 3 is 2.73 bits per heavy atom. The van der Waals surface area contributed by atoms with Crippen LogP contribution in [-0.4, -0.2) is 36.3 Å². The Kier molecular flexibility index (Phi) is 5.80. The van der Waals surface area contributed by atoms with Crippen molar-refractivity contribution in [3.63, 3.8) is 0 Å². The van der Waals surface area contributed by atoms with E-state index in [9.17, 15) is 9.59 Å². The third-order valence-electron chi connectivity index (χ3n) is 4.02. The first-order chi connectivity index (χ1) is 10.5. The summed E-state index contributed by atoms with van der Waals surface area (Å²) in [4.78, 5) is 25.4. The van der Waals surface area contributed by atoms with E-state index in [-0.39, 0.29) is 23.8 Å². The van der Waals surface area contributed by atoms with E-state index in [1.54, 1.807) is 0 Å². The maximum Gasteiger partial charge on any atom is 0.234 e. The molecule has 1 aromatic carbocycles. The van der Waals surface area contributed by atoms with Crippen molar-refractivity contribution in [2.45, 2.75) is 25.8 Å². The van der Waals surface area contributed by atoms with Crippen LogP contribution in [0.1, 0.15) is 31.4 Å². The van der Waals surface area contributed by atoms with Crippen molar-refractivity contribution in [3.8, 4) is 0 Å². The van der Waals surface area contributed by atoms with Gasteiger partial charge in [-0.3, -0.25) is 14.5 Å². The van der Waals surface area contributed by atoms with Gasteiger partial charge in [0.1, 0.15) is 0 Å². The van der Waals surface area contributed by atoms with Gasteiger partial charge in [-0.05, 0) is 44.0 Å². The van der Waals surface area contributed by atoms with Crippen molar-refractivity contribution in [3.05, 3.63) is 34.9 Å². The molecule has 3 N–H and O–H groups in total. The highest BCUT2D eigenvalue weighted by Crippen LogP contribution is 2.17. The summed E-state index contributed by atoms with van der Waals surface area (Å²) in [5.74, 6) is -0.470. The standard InChI is InChI=1S/C16H22ClN3O2/c1-11(12-4-6-14(17)7-5-12)19-15(21)10-20-8-2-3-13(9-20)16(18)22/h4-7,11,13H,2-3,8-10H2,1H3,(H2,18,22)(H,19,21)/t11-,13-/m0/s1. The number of primary amides is 1. The molecule has 2 atom stereocenters. The van der Waals surface area contributed by atoms with Gasteiger partial charge in [0.25, 0.3) is 0 Å². The van der Waals surface area contributed by atoms with Crippen LogP contribution in [0.15, 0.2) is 24.3 Å². The van der Waals surface area contributed by atoms with Crippen molar-refractivity contribution < 1.29 is 9.59 Å². The summed E-state index contributed by atoms with van der Waals surface area (Å²) in [6.45, 7) is 3.62. The monoisotopic (exact) mass is 323 g/mol. The molecule has 0 aromatic heterocycles. The molecule has 1 aliphatic rings. The maximum absolute atomic E-state index is 12.1. The lowest BCUT2D eigenvalue weighted by atomic mass is 9.97. The van der Waals surface area contributed by atoms with Crippen LogP contribution >= 0.6 is 11.6 Å². The first-order valence-corrected chi connectivity index (χ1v) is 7.90. The number of hydrogen-bond acceptors (Lipinski definition) is 3. The molecule has 0 spiro atoms. The summed E-state index contributed by atoms with van der Waals surface area (Å²) >= 11 is 5.86. The number of carbonyl (C=O) groups is 2. The third-order valence-corrected chi connectivity index (χ3v) is 4.27. The van der Waals surface area contributed by atoms with Crippen molar-refractivity contribution >= 4 is 23.4 Å². The molecular formula is C16H22ClN3O2. The second-order valence-corrected chi connectivity index (χ2v) is 6.25. The van der Waals surface area contributed by atoms with Crippen LogP contribution in [-0.2, 0) is 9.59 Å². The average molecular weight is 324 g/mol. The van der Waals surface area contributed by atoms with Crippen LogP contribution in [0.5, 0.6) is 0 Å². The highest BCUT2D eigenvalue weighted by molar-refractivity contribution is 6.30. The molecule has 22 heavy (non-hydrogen) atoms. The van der Waals surface area contributed by atoms with Gasteiger partial charge in [-0.15, -0.1) is 0 Å². The normalized spacial score (nSPS) is 20.4. The molecule has 0 aliphatic carbocycles. The van der Waals surface area contributed by atoms with Gasteiger partial charge in [0, 0.05) is 11.6 Å². The van der Waals surface area contributed by atoms with Crippen LogP contribution in [0.2, 0.25) is 5.02 Å². The average Bonchev–Trinajstić information content (AvgIpc) is 2.47. The quantitative estimate of drug-likeness (QED) is 0.866. The predicted molar refractivity (Wildman–Crippen MR) is 86.4 cm³/mol. The number of nitrogens with one attached hydrogen (secondary N) is 1. The second-order valence-electron chi connectivity index (χ2n) is 5.82. The molecule has 1 aliphatic heterocycles. The number of rotatable bonds is 5. The topological polar surface area (TPSA) is 75.4 Å². The molecule has 0 bridgehead atoms. The van der Waals surface area contributed by atoms with Gasteiger partial charge in [-0.1, -0.05) is 23.7 Å². The van der Waals surface area contributed by atoms with E-state index in [2.05, 4.69) is 5.32 Å². The molecule has 1 fully saturated rings. The van der Waals surface area contributed by atoms with Crippen molar-refractivity contribution in [2.75, 3.05) is 19.6 Å². The minimum Gasteiger partial charge on any atom is -0.369 e. The van der Waals surface area contributed by atoms with Crippen molar-refractivity contribution in [2.24, 2.45) is 11.7 Å².